The van der Waals surface area contributed by atoms with Crippen LogP contribution in [0.4, 0.5) is 0 Å². The predicted molar refractivity (Wildman–Crippen MR) is 66.7 cm³/mol. The standard InChI is InChI=1S/C12H19NO2S/c1-8-3-4-10(15-8)12(7-13)16-11-5-6-14-9(11)2/h3-4,9,11-12H,5-7,13H2,1-2H3. The lowest BCUT2D eigenvalue weighted by Crippen LogP contribution is -2.18. The van der Waals surface area contributed by atoms with Gasteiger partial charge in [0.15, 0.2) is 0 Å². The van der Waals surface area contributed by atoms with Crippen molar-refractivity contribution in [2.24, 2.45) is 5.73 Å². The number of furan rings is 1. The lowest BCUT2D eigenvalue weighted by molar-refractivity contribution is 0.127. The van der Waals surface area contributed by atoms with Crippen molar-refractivity contribution < 1.29 is 9.15 Å². The number of hydrogen-bond acceptors (Lipinski definition) is 4. The van der Waals surface area contributed by atoms with Gasteiger partial charge in [0.1, 0.15) is 11.5 Å². The van der Waals surface area contributed by atoms with Crippen molar-refractivity contribution in [2.75, 3.05) is 13.2 Å². The highest BCUT2D eigenvalue weighted by atomic mass is 32.2. The highest BCUT2D eigenvalue weighted by molar-refractivity contribution is 8.00. The fourth-order valence-electron chi connectivity index (χ4n) is 1.97. The highest BCUT2D eigenvalue weighted by Crippen LogP contribution is 2.37. The summed E-state index contributed by atoms with van der Waals surface area (Å²) in [7, 11) is 0. The summed E-state index contributed by atoms with van der Waals surface area (Å²) in [5, 5.41) is 0.793. The fourth-order valence-corrected chi connectivity index (χ4v) is 3.29. The average molecular weight is 241 g/mol. The Morgan fingerprint density at radius 2 is 2.38 bits per heavy atom. The van der Waals surface area contributed by atoms with Crippen LogP contribution in [0.5, 0.6) is 0 Å². The molecule has 1 aromatic rings. The van der Waals surface area contributed by atoms with Crippen LogP contribution in [-0.4, -0.2) is 24.5 Å². The van der Waals surface area contributed by atoms with Crippen LogP contribution in [0.1, 0.15) is 30.1 Å². The van der Waals surface area contributed by atoms with E-state index in [9.17, 15) is 0 Å². The number of ether oxygens (including phenoxy) is 1. The molecule has 1 aliphatic rings. The summed E-state index contributed by atoms with van der Waals surface area (Å²) in [5.74, 6) is 1.94. The van der Waals surface area contributed by atoms with Gasteiger partial charge >= 0.3 is 0 Å². The van der Waals surface area contributed by atoms with Crippen molar-refractivity contribution in [1.82, 2.24) is 0 Å². The number of aryl methyl sites for hydroxylation is 1. The molecule has 0 amide bonds. The van der Waals surface area contributed by atoms with Crippen LogP contribution in [0, 0.1) is 6.92 Å². The van der Waals surface area contributed by atoms with Gasteiger partial charge in [-0.3, -0.25) is 0 Å². The first kappa shape index (κ1) is 12.0. The first-order valence-corrected chi connectivity index (χ1v) is 6.68. The first-order chi connectivity index (χ1) is 7.70. The SMILES string of the molecule is Cc1ccc(C(CN)SC2CCOC2C)o1. The average Bonchev–Trinajstić information content (AvgIpc) is 2.85. The van der Waals surface area contributed by atoms with E-state index in [1.807, 2.05) is 30.8 Å². The Labute approximate surface area is 101 Å². The lowest BCUT2D eigenvalue weighted by atomic mass is 10.2. The molecule has 3 nitrogen and oxygen atoms in total. The normalized spacial score (nSPS) is 27.2. The highest BCUT2D eigenvalue weighted by Gasteiger charge is 2.28. The van der Waals surface area contributed by atoms with Crippen molar-refractivity contribution in [2.45, 2.75) is 36.9 Å². The number of nitrogens with two attached hydrogens (primary N) is 1. The second kappa shape index (κ2) is 5.25. The number of hydrogen-bond donors (Lipinski definition) is 1. The van der Waals surface area contributed by atoms with E-state index in [2.05, 4.69) is 6.92 Å². The molecule has 0 radical (unpaired) electrons. The second-order valence-corrected chi connectivity index (χ2v) is 5.66. The zero-order chi connectivity index (χ0) is 11.5. The Kier molecular flexibility index (Phi) is 3.95. The summed E-state index contributed by atoms with van der Waals surface area (Å²) in [4.78, 5) is 0. The molecule has 2 rings (SSSR count). The van der Waals surface area contributed by atoms with Crippen LogP contribution in [0.15, 0.2) is 16.5 Å². The van der Waals surface area contributed by atoms with E-state index in [0.717, 1.165) is 24.5 Å². The Bertz CT molecular complexity index is 340. The van der Waals surface area contributed by atoms with Gasteiger partial charge in [0.2, 0.25) is 0 Å². The summed E-state index contributed by atoms with van der Waals surface area (Å²) in [6.45, 7) is 5.57. The third-order valence-electron chi connectivity index (χ3n) is 2.94. The van der Waals surface area contributed by atoms with Gasteiger partial charge in [-0.05, 0) is 32.4 Å². The molecule has 0 saturated carbocycles. The minimum absolute atomic E-state index is 0.253. The minimum Gasteiger partial charge on any atom is -0.465 e. The van der Waals surface area contributed by atoms with Crippen LogP contribution in [-0.2, 0) is 4.74 Å². The lowest BCUT2D eigenvalue weighted by Gasteiger charge is -2.19. The van der Waals surface area contributed by atoms with Crippen LogP contribution in [0.2, 0.25) is 0 Å². The minimum atomic E-state index is 0.253. The van der Waals surface area contributed by atoms with E-state index < -0.39 is 0 Å². The van der Waals surface area contributed by atoms with Gasteiger partial charge < -0.3 is 14.9 Å². The van der Waals surface area contributed by atoms with E-state index in [0.29, 0.717) is 17.9 Å². The van der Waals surface area contributed by atoms with Gasteiger partial charge in [-0.2, -0.15) is 0 Å². The van der Waals surface area contributed by atoms with E-state index in [1.165, 1.54) is 0 Å². The predicted octanol–water partition coefficient (Wildman–Crippen LogP) is 2.50. The molecule has 1 fully saturated rings. The smallest absolute Gasteiger partial charge is 0.118 e. The summed E-state index contributed by atoms with van der Waals surface area (Å²) >= 11 is 1.88. The molecule has 1 saturated heterocycles. The van der Waals surface area contributed by atoms with Crippen LogP contribution in [0.3, 0.4) is 0 Å². The summed E-state index contributed by atoms with van der Waals surface area (Å²) in [5.41, 5.74) is 5.82. The fraction of sp³-hybridized carbons (Fsp3) is 0.667. The molecule has 3 atom stereocenters. The van der Waals surface area contributed by atoms with Crippen molar-refractivity contribution in [3.63, 3.8) is 0 Å². The van der Waals surface area contributed by atoms with E-state index in [-0.39, 0.29) is 5.25 Å². The molecular formula is C12H19NO2S. The Balaban J connectivity index is 2.00. The van der Waals surface area contributed by atoms with Gasteiger partial charge in [0.05, 0.1) is 11.4 Å². The Morgan fingerprint density at radius 3 is 2.88 bits per heavy atom. The maximum Gasteiger partial charge on any atom is 0.118 e. The molecule has 3 unspecified atom stereocenters. The van der Waals surface area contributed by atoms with Gasteiger partial charge in [-0.1, -0.05) is 0 Å². The van der Waals surface area contributed by atoms with Crippen LogP contribution in [0.25, 0.3) is 0 Å². The van der Waals surface area contributed by atoms with Crippen molar-refractivity contribution >= 4 is 11.8 Å². The molecule has 0 aliphatic carbocycles. The van der Waals surface area contributed by atoms with Crippen LogP contribution < -0.4 is 5.73 Å². The molecule has 90 valence electrons. The molecule has 0 spiro atoms. The second-order valence-electron chi connectivity index (χ2n) is 4.21. The topological polar surface area (TPSA) is 48.4 Å². The summed E-state index contributed by atoms with van der Waals surface area (Å²) in [6.07, 6.45) is 1.44. The zero-order valence-electron chi connectivity index (χ0n) is 9.81. The quantitative estimate of drug-likeness (QED) is 0.880. The molecule has 0 aromatic carbocycles. The molecule has 4 heteroatoms. The maximum atomic E-state index is 5.82. The monoisotopic (exact) mass is 241 g/mol. The van der Waals surface area contributed by atoms with Crippen molar-refractivity contribution in [1.29, 1.82) is 0 Å². The van der Waals surface area contributed by atoms with E-state index in [1.54, 1.807) is 0 Å². The van der Waals surface area contributed by atoms with Crippen molar-refractivity contribution in [3.8, 4) is 0 Å². The summed E-state index contributed by atoms with van der Waals surface area (Å²) < 4.78 is 11.2. The molecule has 1 aromatic heterocycles. The van der Waals surface area contributed by atoms with Gasteiger partial charge in [-0.15, -0.1) is 11.8 Å². The molecular weight excluding hydrogens is 222 g/mol. The number of thioether (sulfide) groups is 1. The molecule has 0 bridgehead atoms. The van der Waals surface area contributed by atoms with Crippen molar-refractivity contribution in [3.05, 3.63) is 23.7 Å². The van der Waals surface area contributed by atoms with Gasteiger partial charge in [0.25, 0.3) is 0 Å². The zero-order valence-corrected chi connectivity index (χ0v) is 10.6. The third kappa shape index (κ3) is 2.62. The Hall–Kier alpha value is -0.450. The van der Waals surface area contributed by atoms with E-state index >= 15 is 0 Å². The largest absolute Gasteiger partial charge is 0.465 e. The van der Waals surface area contributed by atoms with Gasteiger partial charge in [-0.25, -0.2) is 0 Å². The maximum absolute atomic E-state index is 5.82. The molecule has 16 heavy (non-hydrogen) atoms. The van der Waals surface area contributed by atoms with Gasteiger partial charge in [0, 0.05) is 18.4 Å². The molecule has 1 aliphatic heterocycles. The first-order valence-electron chi connectivity index (χ1n) is 5.74. The van der Waals surface area contributed by atoms with E-state index in [4.69, 9.17) is 14.9 Å². The Morgan fingerprint density at radius 1 is 1.56 bits per heavy atom. The van der Waals surface area contributed by atoms with Crippen LogP contribution >= 0.6 is 11.8 Å². The molecule has 2 heterocycles. The molecule has 2 N–H and O–H groups in total. The number of rotatable bonds is 4. The third-order valence-corrected chi connectivity index (χ3v) is 4.66. The summed E-state index contributed by atoms with van der Waals surface area (Å²) in [6, 6.07) is 4.02.